The highest BCUT2D eigenvalue weighted by Gasteiger charge is 2.35. The van der Waals surface area contributed by atoms with E-state index in [0.717, 1.165) is 25.7 Å². The average Bonchev–Trinajstić information content (AvgIpc) is 3.15. The summed E-state index contributed by atoms with van der Waals surface area (Å²) in [5.74, 6) is 0.797. The van der Waals surface area contributed by atoms with Crippen LogP contribution in [0, 0.1) is 28.6 Å². The van der Waals surface area contributed by atoms with Crippen molar-refractivity contribution in [3.05, 3.63) is 33.6 Å². The van der Waals surface area contributed by atoms with E-state index in [9.17, 15) is 10.1 Å². The summed E-state index contributed by atoms with van der Waals surface area (Å²) in [6.45, 7) is 3.44. The number of rotatable bonds is 5. The zero-order valence-corrected chi connectivity index (χ0v) is 17.3. The number of hydrogen-bond acceptors (Lipinski definition) is 8. The Hall–Kier alpha value is -3.50. The van der Waals surface area contributed by atoms with Crippen LogP contribution in [0.2, 0.25) is 0 Å². The quantitative estimate of drug-likeness (QED) is 0.549. The molecule has 2 aliphatic rings. The molecule has 3 N–H and O–H groups in total. The van der Waals surface area contributed by atoms with Crippen LogP contribution in [0.25, 0.3) is 11.0 Å². The van der Waals surface area contributed by atoms with Gasteiger partial charge in [-0.25, -0.2) is 9.67 Å². The monoisotopic (exact) mass is 420 g/mol. The third-order valence-electron chi connectivity index (χ3n) is 6.32. The number of hydrogen-bond donors (Lipinski definition) is 2. The van der Waals surface area contributed by atoms with E-state index in [1.807, 2.05) is 19.1 Å². The molecule has 0 radical (unpaired) electrons. The number of allylic oxidation sites excluding steroid dienone is 1. The molecule has 31 heavy (non-hydrogen) atoms. The smallest absolute Gasteiger partial charge is 0.263 e. The molecule has 3 unspecified atom stereocenters. The van der Waals surface area contributed by atoms with E-state index < -0.39 is 0 Å². The van der Waals surface area contributed by atoms with Gasteiger partial charge in [0.05, 0.1) is 17.7 Å². The average molecular weight is 420 g/mol. The molecule has 2 fully saturated rings. The summed E-state index contributed by atoms with van der Waals surface area (Å²) in [6.07, 6.45) is 6.11. The van der Waals surface area contributed by atoms with Crippen molar-refractivity contribution in [1.29, 1.82) is 10.5 Å². The molecular weight excluding hydrogens is 396 g/mol. The van der Waals surface area contributed by atoms with Gasteiger partial charge in [0.25, 0.3) is 5.56 Å². The van der Waals surface area contributed by atoms with Gasteiger partial charge in [-0.2, -0.15) is 15.6 Å². The Morgan fingerprint density at radius 3 is 2.74 bits per heavy atom. The Labute approximate surface area is 179 Å². The first-order chi connectivity index (χ1) is 15.1. The van der Waals surface area contributed by atoms with Gasteiger partial charge in [-0.3, -0.25) is 9.79 Å². The van der Waals surface area contributed by atoms with E-state index in [0.29, 0.717) is 30.6 Å². The van der Waals surface area contributed by atoms with Crippen LogP contribution in [0.4, 0.5) is 0 Å². The van der Waals surface area contributed by atoms with E-state index in [1.165, 1.54) is 12.4 Å². The number of nitrogens with zero attached hydrogens (tertiary/aromatic N) is 6. The molecule has 3 heterocycles. The van der Waals surface area contributed by atoms with E-state index in [-0.39, 0.29) is 40.2 Å². The molecule has 0 aromatic carbocycles. The first-order valence-corrected chi connectivity index (χ1v) is 10.4. The van der Waals surface area contributed by atoms with Gasteiger partial charge in [0, 0.05) is 31.5 Å². The van der Waals surface area contributed by atoms with Gasteiger partial charge in [-0.15, -0.1) is 0 Å². The number of nitrogens with one attached hydrogen (secondary N) is 1. The molecule has 1 saturated heterocycles. The minimum absolute atomic E-state index is 0.0151. The van der Waals surface area contributed by atoms with Gasteiger partial charge in [0.15, 0.2) is 11.3 Å². The van der Waals surface area contributed by atoms with Crippen LogP contribution < -0.4 is 11.3 Å². The maximum atomic E-state index is 12.9. The largest absolute Gasteiger partial charge is 0.403 e. The number of aromatic amines is 1. The van der Waals surface area contributed by atoms with Gasteiger partial charge in [0.2, 0.25) is 0 Å². The summed E-state index contributed by atoms with van der Waals surface area (Å²) in [4.78, 5) is 24.9. The van der Waals surface area contributed by atoms with Crippen molar-refractivity contribution < 1.29 is 4.74 Å². The summed E-state index contributed by atoms with van der Waals surface area (Å²) >= 11 is 0. The predicted molar refractivity (Wildman–Crippen MR) is 113 cm³/mol. The Balaban J connectivity index is 1.71. The van der Waals surface area contributed by atoms with E-state index >= 15 is 0 Å². The molecule has 2 aromatic rings. The van der Waals surface area contributed by atoms with Crippen molar-refractivity contribution in [3.63, 3.8) is 0 Å². The highest BCUT2D eigenvalue weighted by Crippen LogP contribution is 2.38. The van der Waals surface area contributed by atoms with Crippen LogP contribution in [0.3, 0.4) is 0 Å². The van der Waals surface area contributed by atoms with Gasteiger partial charge < -0.3 is 15.5 Å². The third kappa shape index (κ3) is 3.82. The fourth-order valence-electron chi connectivity index (χ4n) is 4.26. The van der Waals surface area contributed by atoms with Crippen LogP contribution in [-0.4, -0.2) is 45.2 Å². The molecule has 0 amide bonds. The summed E-state index contributed by atoms with van der Waals surface area (Å²) in [5, 5.41) is 23.2. The van der Waals surface area contributed by atoms with Crippen LogP contribution in [-0.2, 0) is 4.74 Å². The fourth-order valence-corrected chi connectivity index (χ4v) is 4.26. The number of fused-ring (bicyclic) bond motifs is 1. The number of aromatic nitrogens is 4. The number of H-pyrrole nitrogens is 1. The molecule has 3 atom stereocenters. The van der Waals surface area contributed by atoms with Crippen LogP contribution in [0.15, 0.2) is 21.6 Å². The standard InChI is InChI=1S/C21H24N8O2/c1-12(14-4-6-31-7-5-14)29-20-18(17(10-24)28-29)21(30)27-19(26-20)15-2-3-16(15)25-11-13(8-22)9-23/h8,11-12,14-16H,2-7,22H2,1H3,(H,26,27,30). The normalized spacial score (nSPS) is 23.4. The van der Waals surface area contributed by atoms with Crippen molar-refractivity contribution in [1.82, 2.24) is 19.7 Å². The first-order valence-electron chi connectivity index (χ1n) is 10.4. The number of nitriles is 2. The van der Waals surface area contributed by atoms with Crippen LogP contribution >= 0.6 is 0 Å². The molecule has 1 aliphatic carbocycles. The number of ether oxygens (including phenoxy) is 1. The highest BCUT2D eigenvalue weighted by molar-refractivity contribution is 5.83. The molecule has 10 heteroatoms. The zero-order chi connectivity index (χ0) is 22.0. The third-order valence-corrected chi connectivity index (χ3v) is 6.32. The molecule has 1 saturated carbocycles. The Morgan fingerprint density at radius 1 is 1.35 bits per heavy atom. The van der Waals surface area contributed by atoms with E-state index in [1.54, 1.807) is 4.68 Å². The summed E-state index contributed by atoms with van der Waals surface area (Å²) < 4.78 is 7.19. The van der Waals surface area contributed by atoms with Gasteiger partial charge in [-0.1, -0.05) is 0 Å². The second kappa shape index (κ2) is 8.70. The maximum Gasteiger partial charge on any atom is 0.263 e. The zero-order valence-electron chi connectivity index (χ0n) is 17.3. The number of nitrogens with two attached hydrogens (primary N) is 1. The van der Waals surface area contributed by atoms with Crippen LogP contribution in [0.1, 0.15) is 56.1 Å². The Morgan fingerprint density at radius 2 is 2.13 bits per heavy atom. The summed E-state index contributed by atoms with van der Waals surface area (Å²) in [5.41, 5.74) is 5.84. The van der Waals surface area contributed by atoms with E-state index in [4.69, 9.17) is 20.7 Å². The first kappa shape index (κ1) is 20.8. The van der Waals surface area contributed by atoms with Crippen molar-refractivity contribution in [3.8, 4) is 12.1 Å². The van der Waals surface area contributed by atoms with Gasteiger partial charge in [0.1, 0.15) is 23.3 Å². The fraction of sp³-hybridized carbons (Fsp3) is 0.524. The van der Waals surface area contributed by atoms with Crippen molar-refractivity contribution in [2.45, 2.75) is 50.6 Å². The topological polar surface area (TPSA) is 159 Å². The molecule has 10 nitrogen and oxygen atoms in total. The minimum atomic E-state index is -0.365. The lowest BCUT2D eigenvalue weighted by Gasteiger charge is -2.32. The maximum absolute atomic E-state index is 12.9. The Kier molecular flexibility index (Phi) is 5.83. The molecule has 160 valence electrons. The molecule has 1 aliphatic heterocycles. The molecular formula is C21H24N8O2. The van der Waals surface area contributed by atoms with Crippen molar-refractivity contribution in [2.24, 2.45) is 16.6 Å². The minimum Gasteiger partial charge on any atom is -0.403 e. The second-order valence-electron chi connectivity index (χ2n) is 8.01. The van der Waals surface area contributed by atoms with Crippen molar-refractivity contribution >= 4 is 17.2 Å². The lowest BCUT2D eigenvalue weighted by molar-refractivity contribution is 0.0501. The lowest BCUT2D eigenvalue weighted by atomic mass is 9.79. The van der Waals surface area contributed by atoms with Gasteiger partial charge in [-0.05, 0) is 38.5 Å². The predicted octanol–water partition coefficient (Wildman–Crippen LogP) is 1.66. The molecule has 0 bridgehead atoms. The summed E-state index contributed by atoms with van der Waals surface area (Å²) in [6, 6.07) is 3.89. The van der Waals surface area contributed by atoms with Gasteiger partial charge >= 0.3 is 0 Å². The number of aliphatic imine (C=N–C) groups is 1. The van der Waals surface area contributed by atoms with Crippen molar-refractivity contribution in [2.75, 3.05) is 13.2 Å². The lowest BCUT2D eigenvalue weighted by Crippen LogP contribution is -2.31. The molecule has 2 aromatic heterocycles. The van der Waals surface area contributed by atoms with Crippen LogP contribution in [0.5, 0.6) is 0 Å². The van der Waals surface area contributed by atoms with E-state index in [2.05, 4.69) is 15.1 Å². The second-order valence-corrected chi connectivity index (χ2v) is 8.01. The molecule has 0 spiro atoms. The molecule has 4 rings (SSSR count). The highest BCUT2D eigenvalue weighted by atomic mass is 16.5. The Bertz CT molecular complexity index is 1170. The SMILES string of the molecule is CC(C1CCOCC1)n1nc(C#N)c2c(=O)[nH]c(C3CCC3N=CC(C#N)=CN)nc21. The summed E-state index contributed by atoms with van der Waals surface area (Å²) in [7, 11) is 0.